The highest BCUT2D eigenvalue weighted by Crippen LogP contribution is 2.18. The Kier molecular flexibility index (Phi) is 8.16. The molecule has 3 rings (SSSR count). The van der Waals surface area contributed by atoms with E-state index in [9.17, 15) is 10.2 Å². The summed E-state index contributed by atoms with van der Waals surface area (Å²) in [6.45, 7) is 2.12. The molecule has 5 heteroatoms. The highest BCUT2D eigenvalue weighted by Gasteiger charge is 2.27. The molecule has 1 fully saturated rings. The SMILES string of the molecule is Oc1ccccc1C[NH+](C[C@@H](O)COCc1ccc(Cl)cc1)C1CCCCC1. The third-order valence-electron chi connectivity index (χ3n) is 5.58. The van der Waals surface area contributed by atoms with Crippen LogP contribution >= 0.6 is 11.6 Å². The van der Waals surface area contributed by atoms with Crippen LogP contribution in [-0.4, -0.2) is 35.5 Å². The van der Waals surface area contributed by atoms with E-state index in [1.807, 2.05) is 42.5 Å². The quantitative estimate of drug-likeness (QED) is 0.600. The van der Waals surface area contributed by atoms with Gasteiger partial charge in [-0.3, -0.25) is 0 Å². The van der Waals surface area contributed by atoms with Crippen LogP contribution in [0.5, 0.6) is 5.75 Å². The number of halogens is 1. The minimum absolute atomic E-state index is 0.305. The molecule has 0 aliphatic heterocycles. The Labute approximate surface area is 172 Å². The molecule has 4 nitrogen and oxygen atoms in total. The van der Waals surface area contributed by atoms with Crippen molar-refractivity contribution in [3.05, 3.63) is 64.7 Å². The molecule has 2 atom stereocenters. The fourth-order valence-electron chi connectivity index (χ4n) is 4.05. The molecule has 1 aliphatic carbocycles. The lowest BCUT2D eigenvalue weighted by Gasteiger charge is -2.33. The fraction of sp³-hybridized carbons (Fsp3) is 0.478. The van der Waals surface area contributed by atoms with Crippen LogP contribution in [0.3, 0.4) is 0 Å². The Bertz CT molecular complexity index is 716. The van der Waals surface area contributed by atoms with Crippen LogP contribution < -0.4 is 4.90 Å². The zero-order valence-electron chi connectivity index (χ0n) is 16.3. The van der Waals surface area contributed by atoms with Gasteiger partial charge in [-0.25, -0.2) is 0 Å². The predicted octanol–water partition coefficient (Wildman–Crippen LogP) is 3.34. The van der Waals surface area contributed by atoms with Crippen molar-refractivity contribution in [2.75, 3.05) is 13.2 Å². The molecule has 152 valence electrons. The maximum Gasteiger partial charge on any atom is 0.126 e. The number of aromatic hydroxyl groups is 1. The molecule has 0 amide bonds. The number of hydrogen-bond donors (Lipinski definition) is 3. The lowest BCUT2D eigenvalue weighted by atomic mass is 9.93. The summed E-state index contributed by atoms with van der Waals surface area (Å²) < 4.78 is 5.73. The van der Waals surface area contributed by atoms with Gasteiger partial charge in [0.25, 0.3) is 0 Å². The average Bonchev–Trinajstić information content (AvgIpc) is 2.71. The second kappa shape index (κ2) is 10.8. The zero-order chi connectivity index (χ0) is 19.8. The molecule has 0 bridgehead atoms. The minimum Gasteiger partial charge on any atom is -0.507 e. The van der Waals surface area contributed by atoms with Crippen molar-refractivity contribution in [2.45, 2.75) is 57.4 Å². The number of aliphatic hydroxyl groups is 1. The van der Waals surface area contributed by atoms with Crippen LogP contribution in [0.4, 0.5) is 0 Å². The number of rotatable bonds is 9. The van der Waals surface area contributed by atoms with Gasteiger partial charge in [0.2, 0.25) is 0 Å². The number of para-hydroxylation sites is 1. The summed E-state index contributed by atoms with van der Waals surface area (Å²) in [7, 11) is 0. The number of phenols is 1. The number of aliphatic hydroxyl groups excluding tert-OH is 1. The molecule has 0 aromatic heterocycles. The van der Waals surface area contributed by atoms with Crippen molar-refractivity contribution >= 4 is 11.6 Å². The van der Waals surface area contributed by atoms with Gasteiger partial charge in [0, 0.05) is 10.6 Å². The Morgan fingerprint density at radius 2 is 1.75 bits per heavy atom. The van der Waals surface area contributed by atoms with Crippen LogP contribution in [0.15, 0.2) is 48.5 Å². The van der Waals surface area contributed by atoms with E-state index < -0.39 is 6.10 Å². The Balaban J connectivity index is 1.55. The molecule has 3 N–H and O–H groups in total. The monoisotopic (exact) mass is 404 g/mol. The molecule has 0 radical (unpaired) electrons. The third-order valence-corrected chi connectivity index (χ3v) is 5.83. The summed E-state index contributed by atoms with van der Waals surface area (Å²) in [5, 5.41) is 21.5. The number of nitrogens with one attached hydrogen (secondary N) is 1. The summed E-state index contributed by atoms with van der Waals surface area (Å²) >= 11 is 5.90. The third kappa shape index (κ3) is 6.49. The highest BCUT2D eigenvalue weighted by atomic mass is 35.5. The summed E-state index contributed by atoms with van der Waals surface area (Å²) in [5.41, 5.74) is 1.99. The molecule has 2 aromatic carbocycles. The largest absolute Gasteiger partial charge is 0.507 e. The first-order valence-corrected chi connectivity index (χ1v) is 10.6. The summed E-state index contributed by atoms with van der Waals surface area (Å²) in [4.78, 5) is 1.34. The lowest BCUT2D eigenvalue weighted by Crippen LogP contribution is -3.15. The van der Waals surface area contributed by atoms with Gasteiger partial charge in [-0.1, -0.05) is 42.3 Å². The Hall–Kier alpha value is -1.59. The first-order chi connectivity index (χ1) is 13.6. The molecular weight excluding hydrogens is 374 g/mol. The van der Waals surface area contributed by atoms with E-state index in [4.69, 9.17) is 16.3 Å². The number of quaternary nitrogens is 1. The van der Waals surface area contributed by atoms with Gasteiger partial charge in [0.05, 0.1) is 19.3 Å². The number of hydrogen-bond acceptors (Lipinski definition) is 3. The van der Waals surface area contributed by atoms with Crippen LogP contribution in [-0.2, 0) is 17.9 Å². The molecule has 2 aromatic rings. The molecule has 1 unspecified atom stereocenters. The maximum atomic E-state index is 10.6. The van der Waals surface area contributed by atoms with Crippen molar-refractivity contribution in [3.63, 3.8) is 0 Å². The summed E-state index contributed by atoms with van der Waals surface area (Å²) in [5.74, 6) is 0.337. The van der Waals surface area contributed by atoms with Gasteiger partial charge in [0.1, 0.15) is 24.9 Å². The second-order valence-electron chi connectivity index (χ2n) is 7.80. The van der Waals surface area contributed by atoms with Crippen molar-refractivity contribution in [2.24, 2.45) is 0 Å². The zero-order valence-corrected chi connectivity index (χ0v) is 17.1. The second-order valence-corrected chi connectivity index (χ2v) is 8.23. The van der Waals surface area contributed by atoms with Crippen molar-refractivity contribution in [1.29, 1.82) is 0 Å². The van der Waals surface area contributed by atoms with Crippen LogP contribution in [0.2, 0.25) is 5.02 Å². The normalized spacial score (nSPS) is 17.4. The molecular formula is C23H31ClNO3+. The molecule has 0 spiro atoms. The van der Waals surface area contributed by atoms with Gasteiger partial charge < -0.3 is 19.8 Å². The highest BCUT2D eigenvalue weighted by molar-refractivity contribution is 6.30. The predicted molar refractivity (Wildman–Crippen MR) is 112 cm³/mol. The summed E-state index contributed by atoms with van der Waals surface area (Å²) in [6, 6.07) is 15.6. The van der Waals surface area contributed by atoms with Gasteiger partial charge in [0.15, 0.2) is 0 Å². The molecule has 0 heterocycles. The first kappa shape index (κ1) is 21.1. The average molecular weight is 405 g/mol. The van der Waals surface area contributed by atoms with E-state index in [2.05, 4.69) is 0 Å². The van der Waals surface area contributed by atoms with Crippen LogP contribution in [0.25, 0.3) is 0 Å². The van der Waals surface area contributed by atoms with Gasteiger partial charge >= 0.3 is 0 Å². The lowest BCUT2D eigenvalue weighted by molar-refractivity contribution is -0.943. The molecule has 28 heavy (non-hydrogen) atoms. The number of ether oxygens (including phenoxy) is 1. The van der Waals surface area contributed by atoms with Crippen molar-refractivity contribution in [1.82, 2.24) is 0 Å². The number of benzene rings is 2. The van der Waals surface area contributed by atoms with E-state index in [0.29, 0.717) is 36.6 Å². The Morgan fingerprint density at radius 1 is 1.04 bits per heavy atom. The molecule has 1 saturated carbocycles. The molecule has 1 aliphatic rings. The summed E-state index contributed by atoms with van der Waals surface area (Å²) in [6.07, 6.45) is 5.63. The van der Waals surface area contributed by atoms with Gasteiger partial charge in [-0.15, -0.1) is 0 Å². The van der Waals surface area contributed by atoms with Crippen molar-refractivity contribution < 1.29 is 19.8 Å². The van der Waals surface area contributed by atoms with Gasteiger partial charge in [-0.2, -0.15) is 0 Å². The van der Waals surface area contributed by atoms with Crippen LogP contribution in [0, 0.1) is 0 Å². The van der Waals surface area contributed by atoms with Crippen LogP contribution in [0.1, 0.15) is 43.2 Å². The minimum atomic E-state index is -0.532. The topological polar surface area (TPSA) is 54.1 Å². The Morgan fingerprint density at radius 3 is 2.46 bits per heavy atom. The van der Waals surface area contributed by atoms with E-state index in [-0.39, 0.29) is 0 Å². The first-order valence-electron chi connectivity index (χ1n) is 10.2. The van der Waals surface area contributed by atoms with E-state index in [1.54, 1.807) is 6.07 Å². The number of phenolic OH excluding ortho intramolecular Hbond substituents is 1. The smallest absolute Gasteiger partial charge is 0.126 e. The van der Waals surface area contributed by atoms with E-state index in [1.165, 1.54) is 37.0 Å². The van der Waals surface area contributed by atoms with Gasteiger partial charge in [-0.05, 0) is 55.5 Å². The standard InChI is InChI=1S/C23H30ClNO3/c24-20-12-10-18(11-13-20)16-28-17-22(26)15-25(21-7-2-1-3-8-21)14-19-6-4-5-9-23(19)27/h4-6,9-13,21-22,26-27H,1-3,7-8,14-17H2/p+1/t22-/m1/s1. The maximum absolute atomic E-state index is 10.6. The van der Waals surface area contributed by atoms with E-state index in [0.717, 1.165) is 17.7 Å². The van der Waals surface area contributed by atoms with Crippen molar-refractivity contribution in [3.8, 4) is 5.75 Å². The fourth-order valence-corrected chi connectivity index (χ4v) is 4.18. The van der Waals surface area contributed by atoms with E-state index >= 15 is 0 Å². The molecule has 0 saturated heterocycles.